The molecule has 2 N–H and O–H groups in total. The monoisotopic (exact) mass is 465 g/mol. The number of benzene rings is 2. The summed E-state index contributed by atoms with van der Waals surface area (Å²) in [6.07, 6.45) is 5.06. The molecule has 2 aromatic carbocycles. The summed E-state index contributed by atoms with van der Waals surface area (Å²) in [6.45, 7) is 0.470. The third-order valence-electron chi connectivity index (χ3n) is 7.45. The summed E-state index contributed by atoms with van der Waals surface area (Å²) in [5, 5.41) is 6.52. The molecule has 6 nitrogen and oxygen atoms in total. The highest BCUT2D eigenvalue weighted by Gasteiger charge is 2.57. The Morgan fingerprint density at radius 3 is 2.70 bits per heavy atom. The second-order valence-electron chi connectivity index (χ2n) is 9.37. The van der Waals surface area contributed by atoms with Gasteiger partial charge < -0.3 is 10.6 Å². The normalized spacial score (nSPS) is 22.8. The Labute approximate surface area is 198 Å². The van der Waals surface area contributed by atoms with E-state index >= 15 is 0 Å². The third-order valence-corrected chi connectivity index (χ3v) is 7.68. The standard InChI is InChI=1S/C26H28ClN3O3/c27-20-10-9-18-13-14-26(21(18)15-20)24(32)30(25(33)29-26)22(19-7-4-8-19)11-12-23(31)28-16-17-5-2-1-3-6-17/h1-3,5-6,9-10,15,19,22H,4,7-8,11-14,16H2,(H,28,31)(H,29,33). The maximum atomic E-state index is 13.8. The summed E-state index contributed by atoms with van der Waals surface area (Å²) in [6, 6.07) is 14.7. The van der Waals surface area contributed by atoms with Crippen LogP contribution < -0.4 is 10.6 Å². The second-order valence-corrected chi connectivity index (χ2v) is 9.81. The number of rotatable bonds is 7. The van der Waals surface area contributed by atoms with Crippen molar-refractivity contribution in [2.75, 3.05) is 0 Å². The first kappa shape index (κ1) is 22.0. The van der Waals surface area contributed by atoms with Crippen molar-refractivity contribution >= 4 is 29.4 Å². The average Bonchev–Trinajstić information content (AvgIpc) is 3.26. The van der Waals surface area contributed by atoms with Gasteiger partial charge in [-0.05, 0) is 66.8 Å². The molecule has 2 atom stereocenters. The summed E-state index contributed by atoms with van der Waals surface area (Å²) < 4.78 is 0. The van der Waals surface area contributed by atoms with Gasteiger partial charge in [0.2, 0.25) is 5.91 Å². The van der Waals surface area contributed by atoms with Crippen molar-refractivity contribution in [3.63, 3.8) is 0 Å². The van der Waals surface area contributed by atoms with Crippen LogP contribution in [0, 0.1) is 5.92 Å². The molecule has 2 unspecified atom stereocenters. The predicted molar refractivity (Wildman–Crippen MR) is 125 cm³/mol. The van der Waals surface area contributed by atoms with Crippen molar-refractivity contribution in [3.05, 3.63) is 70.2 Å². The van der Waals surface area contributed by atoms with E-state index in [1.54, 1.807) is 6.07 Å². The number of carbonyl (C=O) groups excluding carboxylic acids is 3. The molecule has 1 aliphatic heterocycles. The molecular formula is C26H28ClN3O3. The number of carbonyl (C=O) groups is 3. The van der Waals surface area contributed by atoms with Gasteiger partial charge in [-0.25, -0.2) is 4.79 Å². The van der Waals surface area contributed by atoms with Crippen molar-refractivity contribution < 1.29 is 14.4 Å². The molecule has 0 aromatic heterocycles. The molecule has 4 amide bonds. The van der Waals surface area contributed by atoms with Gasteiger partial charge in [-0.2, -0.15) is 0 Å². The SMILES string of the molecule is O=C(CCC(C1CCC1)N1C(=O)NC2(CCc3ccc(Cl)cc32)C1=O)NCc1ccccc1. The summed E-state index contributed by atoms with van der Waals surface area (Å²) in [4.78, 5) is 40.9. The van der Waals surface area contributed by atoms with Gasteiger partial charge in [0.15, 0.2) is 0 Å². The molecule has 2 fully saturated rings. The molecule has 1 spiro atoms. The number of hydrogen-bond donors (Lipinski definition) is 2. The van der Waals surface area contributed by atoms with Gasteiger partial charge in [0.05, 0.1) is 0 Å². The Kier molecular flexibility index (Phi) is 5.87. The molecule has 5 rings (SSSR count). The molecule has 7 heteroatoms. The number of amides is 4. The number of nitrogens with one attached hydrogen (secondary N) is 2. The van der Waals surface area contributed by atoms with E-state index in [2.05, 4.69) is 10.6 Å². The summed E-state index contributed by atoms with van der Waals surface area (Å²) in [7, 11) is 0. The van der Waals surface area contributed by atoms with Crippen LogP contribution in [0.25, 0.3) is 0 Å². The van der Waals surface area contributed by atoms with Crippen LogP contribution in [0.4, 0.5) is 4.79 Å². The lowest BCUT2D eigenvalue weighted by molar-refractivity contribution is -0.135. The van der Waals surface area contributed by atoms with Gasteiger partial charge in [-0.15, -0.1) is 0 Å². The van der Waals surface area contributed by atoms with Gasteiger partial charge in [0.1, 0.15) is 5.54 Å². The van der Waals surface area contributed by atoms with Crippen molar-refractivity contribution in [3.8, 4) is 0 Å². The number of halogens is 1. The van der Waals surface area contributed by atoms with E-state index in [0.717, 1.165) is 42.4 Å². The van der Waals surface area contributed by atoms with Crippen molar-refractivity contribution in [2.45, 2.75) is 63.1 Å². The molecule has 1 saturated carbocycles. The molecule has 1 saturated heterocycles. The van der Waals surface area contributed by atoms with Gasteiger partial charge in [0.25, 0.3) is 5.91 Å². The topological polar surface area (TPSA) is 78.5 Å². The van der Waals surface area contributed by atoms with Crippen LogP contribution in [0.1, 0.15) is 55.2 Å². The van der Waals surface area contributed by atoms with Crippen LogP contribution in [0.2, 0.25) is 5.02 Å². The smallest absolute Gasteiger partial charge is 0.325 e. The number of nitrogens with zero attached hydrogens (tertiary/aromatic N) is 1. The zero-order valence-electron chi connectivity index (χ0n) is 18.5. The third kappa shape index (κ3) is 4.01. The Morgan fingerprint density at radius 1 is 1.18 bits per heavy atom. The summed E-state index contributed by atoms with van der Waals surface area (Å²) >= 11 is 6.23. The van der Waals surface area contributed by atoms with E-state index in [4.69, 9.17) is 11.6 Å². The molecule has 0 bridgehead atoms. The fourth-order valence-electron chi connectivity index (χ4n) is 5.43. The molecular weight excluding hydrogens is 438 g/mol. The highest BCUT2D eigenvalue weighted by atomic mass is 35.5. The molecule has 172 valence electrons. The van der Waals surface area contributed by atoms with E-state index < -0.39 is 5.54 Å². The maximum absolute atomic E-state index is 13.8. The Bertz CT molecular complexity index is 1090. The van der Waals surface area contributed by atoms with Gasteiger partial charge in [0, 0.05) is 24.0 Å². The molecule has 2 aliphatic carbocycles. The highest BCUT2D eigenvalue weighted by molar-refractivity contribution is 6.30. The van der Waals surface area contributed by atoms with Crippen molar-refractivity contribution in [1.29, 1.82) is 0 Å². The minimum absolute atomic E-state index is 0.0667. The quantitative estimate of drug-likeness (QED) is 0.598. The van der Waals surface area contributed by atoms with Crippen molar-refractivity contribution in [1.82, 2.24) is 15.5 Å². The molecule has 2 aromatic rings. The fraction of sp³-hybridized carbons (Fsp3) is 0.423. The van der Waals surface area contributed by atoms with Crippen LogP contribution in [0.5, 0.6) is 0 Å². The van der Waals surface area contributed by atoms with E-state index in [9.17, 15) is 14.4 Å². The number of urea groups is 1. The lowest BCUT2D eigenvalue weighted by Crippen LogP contribution is -2.48. The maximum Gasteiger partial charge on any atom is 0.325 e. The van der Waals surface area contributed by atoms with E-state index in [1.807, 2.05) is 42.5 Å². The van der Waals surface area contributed by atoms with Crippen LogP contribution in [-0.4, -0.2) is 28.8 Å². The zero-order valence-corrected chi connectivity index (χ0v) is 19.2. The second kappa shape index (κ2) is 8.82. The van der Waals surface area contributed by atoms with Crippen LogP contribution >= 0.6 is 11.6 Å². The van der Waals surface area contributed by atoms with Gasteiger partial charge >= 0.3 is 6.03 Å². The first-order chi connectivity index (χ1) is 16.0. The van der Waals surface area contributed by atoms with E-state index in [-0.39, 0.29) is 36.2 Å². The average molecular weight is 466 g/mol. The largest absolute Gasteiger partial charge is 0.352 e. The minimum atomic E-state index is -1.03. The first-order valence-corrected chi connectivity index (χ1v) is 12.1. The van der Waals surface area contributed by atoms with E-state index in [0.29, 0.717) is 24.4 Å². The Morgan fingerprint density at radius 2 is 1.97 bits per heavy atom. The number of hydrogen-bond acceptors (Lipinski definition) is 3. The highest BCUT2D eigenvalue weighted by Crippen LogP contribution is 2.45. The number of fused-ring (bicyclic) bond motifs is 2. The number of imide groups is 1. The molecule has 0 radical (unpaired) electrons. The zero-order chi connectivity index (χ0) is 23.0. The van der Waals surface area contributed by atoms with Crippen LogP contribution in [0.15, 0.2) is 48.5 Å². The lowest BCUT2D eigenvalue weighted by Gasteiger charge is -2.38. The predicted octanol–water partition coefficient (Wildman–Crippen LogP) is 4.30. The molecule has 33 heavy (non-hydrogen) atoms. The lowest BCUT2D eigenvalue weighted by atomic mass is 9.77. The number of aryl methyl sites for hydroxylation is 1. The fourth-order valence-corrected chi connectivity index (χ4v) is 5.60. The van der Waals surface area contributed by atoms with Crippen LogP contribution in [-0.2, 0) is 28.1 Å². The molecule has 1 heterocycles. The first-order valence-electron chi connectivity index (χ1n) is 11.7. The summed E-state index contributed by atoms with van der Waals surface area (Å²) in [5.41, 5.74) is 1.87. The summed E-state index contributed by atoms with van der Waals surface area (Å²) in [5.74, 6) is -0.0185. The van der Waals surface area contributed by atoms with Gasteiger partial charge in [-0.3, -0.25) is 14.5 Å². The minimum Gasteiger partial charge on any atom is -0.352 e. The van der Waals surface area contributed by atoms with Crippen molar-refractivity contribution in [2.24, 2.45) is 5.92 Å². The van der Waals surface area contributed by atoms with E-state index in [1.165, 1.54) is 4.90 Å². The Hall–Kier alpha value is -2.86. The van der Waals surface area contributed by atoms with Crippen LogP contribution in [0.3, 0.4) is 0 Å². The van der Waals surface area contributed by atoms with Gasteiger partial charge in [-0.1, -0.05) is 54.4 Å². The Balaban J connectivity index is 1.30. The molecule has 3 aliphatic rings.